The van der Waals surface area contributed by atoms with Gasteiger partial charge in [-0.05, 0) is 30.0 Å². The normalized spacial score (nSPS) is 11.0. The maximum absolute atomic E-state index is 11.8. The van der Waals surface area contributed by atoms with E-state index in [1.54, 1.807) is 36.6 Å². The molecule has 2 rings (SSSR count). The monoisotopic (exact) mass is 490 g/mol. The molecular weight excluding hydrogens is 463 g/mol. The number of nitrogens with zero attached hydrogens (tertiary/aromatic N) is 3. The van der Waals surface area contributed by atoms with Gasteiger partial charge in [0.2, 0.25) is 5.91 Å². The highest BCUT2D eigenvalue weighted by molar-refractivity contribution is 14.0. The summed E-state index contributed by atoms with van der Waals surface area (Å²) in [6, 6.07) is 8.03. The summed E-state index contributed by atoms with van der Waals surface area (Å²) < 4.78 is 5.35. The zero-order valence-electron chi connectivity index (χ0n) is 15.5. The Morgan fingerprint density at radius 2 is 2.04 bits per heavy atom. The van der Waals surface area contributed by atoms with Crippen molar-refractivity contribution >= 4 is 47.2 Å². The van der Waals surface area contributed by atoms with Crippen LogP contribution in [0.1, 0.15) is 10.6 Å². The molecule has 144 valence electrons. The average molecular weight is 490 g/mol. The number of hydrogen-bond acceptors (Lipinski definition) is 4. The first-order valence-corrected chi connectivity index (χ1v) is 9.18. The van der Waals surface area contributed by atoms with Gasteiger partial charge in [-0.15, -0.1) is 35.3 Å². The van der Waals surface area contributed by atoms with E-state index in [2.05, 4.69) is 32.7 Å². The number of carbonyl (C=O) groups excluding carboxylic acids is 1. The van der Waals surface area contributed by atoms with Crippen LogP contribution >= 0.6 is 35.3 Å². The van der Waals surface area contributed by atoms with Crippen LogP contribution in [0.5, 0.6) is 0 Å². The van der Waals surface area contributed by atoms with Crippen molar-refractivity contribution in [1.29, 1.82) is 0 Å². The van der Waals surface area contributed by atoms with E-state index in [4.69, 9.17) is 4.42 Å². The van der Waals surface area contributed by atoms with Crippen LogP contribution in [-0.2, 0) is 17.6 Å². The topological polar surface area (TPSA) is 61.1 Å². The second-order valence-electron chi connectivity index (χ2n) is 5.94. The minimum Gasteiger partial charge on any atom is -0.469 e. The second-order valence-corrected chi connectivity index (χ2v) is 6.97. The summed E-state index contributed by atoms with van der Waals surface area (Å²) in [5.41, 5.74) is 0. The summed E-state index contributed by atoms with van der Waals surface area (Å²) in [5, 5.41) is 5.42. The molecule has 26 heavy (non-hydrogen) atoms. The Hall–Kier alpha value is -1.55. The smallest absolute Gasteiger partial charge is 0.243 e. The van der Waals surface area contributed by atoms with Crippen LogP contribution in [0.2, 0.25) is 0 Å². The number of carbonyl (C=O) groups is 1. The average Bonchev–Trinajstić information content (AvgIpc) is 3.28. The summed E-state index contributed by atoms with van der Waals surface area (Å²) in [4.78, 5) is 21.3. The maximum Gasteiger partial charge on any atom is 0.243 e. The largest absolute Gasteiger partial charge is 0.469 e. The van der Waals surface area contributed by atoms with E-state index >= 15 is 0 Å². The van der Waals surface area contributed by atoms with Crippen molar-refractivity contribution in [1.82, 2.24) is 15.1 Å². The third-order valence-electron chi connectivity index (χ3n) is 3.73. The lowest BCUT2D eigenvalue weighted by Gasteiger charge is -2.22. The molecule has 0 aromatic carbocycles. The molecule has 0 atom stereocenters. The first kappa shape index (κ1) is 22.5. The number of nitrogens with one attached hydrogen (secondary N) is 1. The molecule has 0 unspecified atom stereocenters. The fourth-order valence-electron chi connectivity index (χ4n) is 2.19. The molecule has 0 saturated heterocycles. The van der Waals surface area contributed by atoms with Crippen molar-refractivity contribution in [3.8, 4) is 0 Å². The molecule has 0 radical (unpaired) electrons. The summed E-state index contributed by atoms with van der Waals surface area (Å²) in [6.07, 6.45) is 3.40. The van der Waals surface area contributed by atoms with Crippen LogP contribution in [0.3, 0.4) is 0 Å². The van der Waals surface area contributed by atoms with Crippen LogP contribution < -0.4 is 5.32 Å². The number of rotatable bonds is 8. The van der Waals surface area contributed by atoms with Crippen molar-refractivity contribution in [2.24, 2.45) is 4.99 Å². The van der Waals surface area contributed by atoms with Gasteiger partial charge in [0.25, 0.3) is 0 Å². The molecule has 2 aromatic heterocycles. The minimum atomic E-state index is -0.0167. The summed E-state index contributed by atoms with van der Waals surface area (Å²) in [5.74, 6) is 1.65. The number of guanidine groups is 1. The van der Waals surface area contributed by atoms with Gasteiger partial charge in [0.1, 0.15) is 12.3 Å². The number of halogens is 1. The lowest BCUT2D eigenvalue weighted by Crippen LogP contribution is -2.41. The lowest BCUT2D eigenvalue weighted by atomic mass is 10.3. The Bertz CT molecular complexity index is 657. The molecule has 8 heteroatoms. The fraction of sp³-hybridized carbons (Fsp3) is 0.444. The molecule has 2 aromatic rings. The first-order valence-electron chi connectivity index (χ1n) is 8.30. The summed E-state index contributed by atoms with van der Waals surface area (Å²) >= 11 is 1.75. The Labute approximate surface area is 176 Å². The van der Waals surface area contributed by atoms with Crippen molar-refractivity contribution in [2.45, 2.75) is 12.8 Å². The van der Waals surface area contributed by atoms with Crippen LogP contribution in [0, 0.1) is 0 Å². The SMILES string of the molecule is CN(C)C(=O)CN=C(NCCc1ccco1)N(C)CCc1cccs1.I. The standard InChI is InChI=1S/C18H26N4O2S.HI/c1-21(2)17(23)14-20-18(19-10-8-15-6-4-12-24-15)22(3)11-9-16-7-5-13-25-16;/h4-7,12-13H,8-11,14H2,1-3H3,(H,19,20);1H. The molecule has 0 aliphatic carbocycles. The van der Waals surface area contributed by atoms with Crippen molar-refractivity contribution < 1.29 is 9.21 Å². The van der Waals surface area contributed by atoms with E-state index in [0.29, 0.717) is 6.54 Å². The van der Waals surface area contributed by atoms with E-state index in [1.165, 1.54) is 4.88 Å². The van der Waals surface area contributed by atoms with Crippen molar-refractivity contribution in [3.05, 3.63) is 46.5 Å². The van der Waals surface area contributed by atoms with Gasteiger partial charge in [0.15, 0.2) is 5.96 Å². The van der Waals surface area contributed by atoms with Gasteiger partial charge in [0.05, 0.1) is 6.26 Å². The molecule has 0 spiro atoms. The van der Waals surface area contributed by atoms with Gasteiger partial charge in [0, 0.05) is 45.5 Å². The van der Waals surface area contributed by atoms with Gasteiger partial charge < -0.3 is 19.5 Å². The van der Waals surface area contributed by atoms with Crippen LogP contribution in [0.15, 0.2) is 45.3 Å². The third kappa shape index (κ3) is 7.77. The Morgan fingerprint density at radius 1 is 1.23 bits per heavy atom. The zero-order valence-corrected chi connectivity index (χ0v) is 18.6. The number of amides is 1. The number of furan rings is 1. The molecule has 1 amide bonds. The predicted molar refractivity (Wildman–Crippen MR) is 117 cm³/mol. The zero-order chi connectivity index (χ0) is 18.1. The minimum absolute atomic E-state index is 0. The maximum atomic E-state index is 11.8. The molecular formula is C18H27IN4O2S. The molecule has 1 N–H and O–H groups in total. The second kappa shape index (κ2) is 11.9. The highest BCUT2D eigenvalue weighted by atomic mass is 127. The highest BCUT2D eigenvalue weighted by Crippen LogP contribution is 2.09. The molecule has 2 heterocycles. The molecule has 0 bridgehead atoms. The number of aliphatic imine (C=N–C) groups is 1. The van der Waals surface area contributed by atoms with Crippen molar-refractivity contribution in [2.75, 3.05) is 40.8 Å². The lowest BCUT2D eigenvalue weighted by molar-refractivity contribution is -0.127. The van der Waals surface area contributed by atoms with Gasteiger partial charge in [-0.2, -0.15) is 0 Å². The Balaban J connectivity index is 0.00000338. The van der Waals surface area contributed by atoms with Crippen LogP contribution in [-0.4, -0.2) is 62.4 Å². The van der Waals surface area contributed by atoms with Crippen molar-refractivity contribution in [3.63, 3.8) is 0 Å². The molecule has 6 nitrogen and oxygen atoms in total. The molecule has 0 fully saturated rings. The Kier molecular flexibility index (Phi) is 10.3. The number of likely N-dealkylation sites (N-methyl/N-ethyl adjacent to an activating group) is 2. The molecule has 0 aliphatic rings. The highest BCUT2D eigenvalue weighted by Gasteiger charge is 2.10. The predicted octanol–water partition coefficient (Wildman–Crippen LogP) is 2.71. The van der Waals surface area contributed by atoms with Gasteiger partial charge in [-0.25, -0.2) is 4.99 Å². The van der Waals surface area contributed by atoms with E-state index in [9.17, 15) is 4.79 Å². The third-order valence-corrected chi connectivity index (χ3v) is 4.67. The molecule has 0 saturated carbocycles. The van der Waals surface area contributed by atoms with E-state index < -0.39 is 0 Å². The van der Waals surface area contributed by atoms with E-state index in [-0.39, 0.29) is 36.4 Å². The van der Waals surface area contributed by atoms with Gasteiger partial charge >= 0.3 is 0 Å². The summed E-state index contributed by atoms with van der Waals surface area (Å²) in [6.45, 7) is 1.68. The number of thiophene rings is 1. The Morgan fingerprint density at radius 3 is 2.65 bits per heavy atom. The van der Waals surface area contributed by atoms with E-state index in [0.717, 1.165) is 31.1 Å². The fourth-order valence-corrected chi connectivity index (χ4v) is 2.88. The number of hydrogen-bond donors (Lipinski definition) is 1. The first-order chi connectivity index (χ1) is 12.1. The van der Waals surface area contributed by atoms with Gasteiger partial charge in [-0.1, -0.05) is 6.07 Å². The van der Waals surface area contributed by atoms with Crippen LogP contribution in [0.4, 0.5) is 0 Å². The van der Waals surface area contributed by atoms with Gasteiger partial charge in [-0.3, -0.25) is 4.79 Å². The molecule has 0 aliphatic heterocycles. The van der Waals surface area contributed by atoms with Crippen LogP contribution in [0.25, 0.3) is 0 Å². The quantitative estimate of drug-likeness (QED) is 0.351. The van der Waals surface area contributed by atoms with E-state index in [1.807, 2.05) is 19.2 Å². The summed E-state index contributed by atoms with van der Waals surface area (Å²) in [7, 11) is 5.47.